The zero-order chi connectivity index (χ0) is 17.4. The summed E-state index contributed by atoms with van der Waals surface area (Å²) >= 11 is 0. The molecule has 0 aliphatic carbocycles. The first kappa shape index (κ1) is 20.4. The molecule has 0 aromatic carbocycles. The zero-order valence-electron chi connectivity index (χ0n) is 14.5. The van der Waals surface area contributed by atoms with E-state index in [1.54, 1.807) is 0 Å². The maximum absolute atomic E-state index is 12.3. The van der Waals surface area contributed by atoms with Crippen molar-refractivity contribution in [2.24, 2.45) is 17.8 Å². The van der Waals surface area contributed by atoms with Crippen LogP contribution < -0.4 is 10.6 Å². The minimum absolute atomic E-state index is 0.121. The lowest BCUT2D eigenvalue weighted by atomic mass is 10.00. The molecule has 0 saturated heterocycles. The normalized spacial score (nSPS) is 14.0. The molecular formula is C16H30N2O4. The molecule has 0 fully saturated rings. The Labute approximate surface area is 133 Å². The Hall–Kier alpha value is -1.59. The first-order valence-corrected chi connectivity index (χ1v) is 7.87. The molecule has 0 aromatic rings. The van der Waals surface area contributed by atoms with Crippen molar-refractivity contribution in [3.63, 3.8) is 0 Å². The van der Waals surface area contributed by atoms with Gasteiger partial charge in [0.1, 0.15) is 12.1 Å². The predicted octanol–water partition coefficient (Wildman–Crippen LogP) is 1.79. The monoisotopic (exact) mass is 314 g/mol. The smallest absolute Gasteiger partial charge is 0.326 e. The van der Waals surface area contributed by atoms with E-state index in [4.69, 9.17) is 0 Å². The van der Waals surface area contributed by atoms with Crippen LogP contribution in [-0.4, -0.2) is 35.0 Å². The summed E-state index contributed by atoms with van der Waals surface area (Å²) in [6, 6.07) is -1.66. The number of amides is 2. The van der Waals surface area contributed by atoms with Crippen LogP contribution in [0.2, 0.25) is 0 Å². The third-order valence-electron chi connectivity index (χ3n) is 3.18. The summed E-state index contributed by atoms with van der Waals surface area (Å²) in [5.74, 6) is -1.47. The summed E-state index contributed by atoms with van der Waals surface area (Å²) < 4.78 is 0. The van der Waals surface area contributed by atoms with Gasteiger partial charge >= 0.3 is 5.97 Å². The second kappa shape index (κ2) is 9.43. The Kier molecular flexibility index (Phi) is 8.75. The van der Waals surface area contributed by atoms with Gasteiger partial charge in [0.15, 0.2) is 0 Å². The predicted molar refractivity (Wildman–Crippen MR) is 85.2 cm³/mol. The molecule has 6 nitrogen and oxygen atoms in total. The zero-order valence-corrected chi connectivity index (χ0v) is 14.5. The van der Waals surface area contributed by atoms with E-state index in [9.17, 15) is 19.5 Å². The molecule has 3 N–H and O–H groups in total. The minimum atomic E-state index is -1.06. The van der Waals surface area contributed by atoms with Crippen molar-refractivity contribution in [1.29, 1.82) is 0 Å². The fourth-order valence-corrected chi connectivity index (χ4v) is 2.09. The summed E-state index contributed by atoms with van der Waals surface area (Å²) in [7, 11) is 0. The number of hydrogen-bond donors (Lipinski definition) is 3. The van der Waals surface area contributed by atoms with Crippen LogP contribution in [0.5, 0.6) is 0 Å². The Bertz CT molecular complexity index is 392. The summed E-state index contributed by atoms with van der Waals surface area (Å²) in [6.45, 7) is 11.3. The van der Waals surface area contributed by atoms with Crippen LogP contribution in [0.3, 0.4) is 0 Å². The lowest BCUT2D eigenvalue weighted by molar-refractivity contribution is -0.143. The Morgan fingerprint density at radius 3 is 1.82 bits per heavy atom. The molecule has 128 valence electrons. The second-order valence-corrected chi connectivity index (χ2v) is 6.92. The molecular weight excluding hydrogens is 284 g/mol. The van der Waals surface area contributed by atoms with E-state index in [0.717, 1.165) is 0 Å². The van der Waals surface area contributed by atoms with Gasteiger partial charge in [-0.25, -0.2) is 4.79 Å². The van der Waals surface area contributed by atoms with E-state index in [-0.39, 0.29) is 23.7 Å². The maximum Gasteiger partial charge on any atom is 0.326 e. The average molecular weight is 314 g/mol. The van der Waals surface area contributed by atoms with Gasteiger partial charge in [0.25, 0.3) is 0 Å². The number of hydrogen-bond acceptors (Lipinski definition) is 3. The Morgan fingerprint density at radius 1 is 0.909 bits per heavy atom. The molecule has 2 amide bonds. The minimum Gasteiger partial charge on any atom is -0.480 e. The lowest BCUT2D eigenvalue weighted by Crippen LogP contribution is -2.54. The van der Waals surface area contributed by atoms with Crippen molar-refractivity contribution >= 4 is 17.8 Å². The number of carbonyl (C=O) groups excluding carboxylic acids is 2. The molecule has 0 rings (SSSR count). The van der Waals surface area contributed by atoms with Crippen LogP contribution in [0, 0.1) is 17.8 Å². The maximum atomic E-state index is 12.3. The van der Waals surface area contributed by atoms with Gasteiger partial charge in [-0.05, 0) is 24.2 Å². The van der Waals surface area contributed by atoms with E-state index in [1.807, 2.05) is 41.5 Å². The standard InChI is InChI=1S/C16H30N2O4/c1-9(2)7-12(16(21)22)17-15(20)14(11(5)6)18-13(19)8-10(3)4/h9-12,14H,7-8H2,1-6H3,(H,17,20)(H,18,19)(H,21,22)/t12-,14?/m1/s1. The van der Waals surface area contributed by atoms with Gasteiger partial charge in [-0.1, -0.05) is 41.5 Å². The van der Waals surface area contributed by atoms with Crippen molar-refractivity contribution in [2.45, 2.75) is 66.5 Å². The molecule has 0 saturated carbocycles. The molecule has 0 aliphatic heterocycles. The SMILES string of the molecule is CC(C)CC(=O)NC(C(=O)N[C@H](CC(C)C)C(=O)O)C(C)C. The van der Waals surface area contributed by atoms with Crippen molar-refractivity contribution in [2.75, 3.05) is 0 Å². The average Bonchev–Trinajstić information content (AvgIpc) is 2.32. The van der Waals surface area contributed by atoms with Crippen LogP contribution in [0.1, 0.15) is 54.4 Å². The summed E-state index contributed by atoms with van der Waals surface area (Å²) in [5, 5.41) is 14.4. The molecule has 0 aliphatic rings. The van der Waals surface area contributed by atoms with Crippen molar-refractivity contribution in [1.82, 2.24) is 10.6 Å². The number of carboxylic acid groups (broad SMARTS) is 1. The number of carboxylic acids is 1. The fraction of sp³-hybridized carbons (Fsp3) is 0.812. The van der Waals surface area contributed by atoms with Gasteiger partial charge in [-0.2, -0.15) is 0 Å². The molecule has 0 bridgehead atoms. The van der Waals surface area contributed by atoms with Crippen LogP contribution in [0.15, 0.2) is 0 Å². The Balaban J connectivity index is 4.84. The third kappa shape index (κ3) is 8.00. The van der Waals surface area contributed by atoms with Gasteiger partial charge in [0.2, 0.25) is 11.8 Å². The van der Waals surface area contributed by atoms with E-state index < -0.39 is 24.0 Å². The molecule has 22 heavy (non-hydrogen) atoms. The number of nitrogens with one attached hydrogen (secondary N) is 2. The van der Waals surface area contributed by atoms with E-state index in [2.05, 4.69) is 10.6 Å². The topological polar surface area (TPSA) is 95.5 Å². The lowest BCUT2D eigenvalue weighted by Gasteiger charge is -2.25. The van der Waals surface area contributed by atoms with Crippen LogP contribution >= 0.6 is 0 Å². The van der Waals surface area contributed by atoms with Gasteiger partial charge in [-0.15, -0.1) is 0 Å². The molecule has 2 atom stereocenters. The second-order valence-electron chi connectivity index (χ2n) is 6.92. The quantitative estimate of drug-likeness (QED) is 0.604. The highest BCUT2D eigenvalue weighted by molar-refractivity contribution is 5.90. The molecule has 0 spiro atoms. The first-order valence-electron chi connectivity index (χ1n) is 7.87. The number of aliphatic carboxylic acids is 1. The van der Waals surface area contributed by atoms with Crippen molar-refractivity contribution in [3.05, 3.63) is 0 Å². The van der Waals surface area contributed by atoms with E-state index in [1.165, 1.54) is 0 Å². The number of carbonyl (C=O) groups is 3. The van der Waals surface area contributed by atoms with E-state index >= 15 is 0 Å². The van der Waals surface area contributed by atoms with Gasteiger partial charge in [0.05, 0.1) is 0 Å². The van der Waals surface area contributed by atoms with Crippen molar-refractivity contribution < 1.29 is 19.5 Å². The van der Waals surface area contributed by atoms with Crippen LogP contribution in [0.4, 0.5) is 0 Å². The first-order chi connectivity index (χ1) is 10.0. The molecule has 1 unspecified atom stereocenters. The van der Waals surface area contributed by atoms with Gasteiger partial charge < -0.3 is 15.7 Å². The summed E-state index contributed by atoms with van der Waals surface area (Å²) in [6.07, 6.45) is 0.691. The van der Waals surface area contributed by atoms with Crippen LogP contribution in [-0.2, 0) is 14.4 Å². The fourth-order valence-electron chi connectivity index (χ4n) is 2.09. The molecule has 0 radical (unpaired) electrons. The highest BCUT2D eigenvalue weighted by Gasteiger charge is 2.28. The summed E-state index contributed by atoms with van der Waals surface area (Å²) in [5.41, 5.74) is 0. The highest BCUT2D eigenvalue weighted by atomic mass is 16.4. The largest absolute Gasteiger partial charge is 0.480 e. The summed E-state index contributed by atoms with van der Waals surface area (Å²) in [4.78, 5) is 35.4. The molecule has 6 heteroatoms. The highest BCUT2D eigenvalue weighted by Crippen LogP contribution is 2.08. The third-order valence-corrected chi connectivity index (χ3v) is 3.18. The Morgan fingerprint density at radius 2 is 1.45 bits per heavy atom. The number of rotatable bonds is 9. The van der Waals surface area contributed by atoms with Gasteiger partial charge in [-0.3, -0.25) is 9.59 Å². The van der Waals surface area contributed by atoms with Crippen LogP contribution in [0.25, 0.3) is 0 Å². The molecule has 0 heterocycles. The van der Waals surface area contributed by atoms with Gasteiger partial charge in [0, 0.05) is 6.42 Å². The van der Waals surface area contributed by atoms with E-state index in [0.29, 0.717) is 12.8 Å². The van der Waals surface area contributed by atoms with Crippen molar-refractivity contribution in [3.8, 4) is 0 Å². The molecule has 0 aromatic heterocycles.